The van der Waals surface area contributed by atoms with Gasteiger partial charge in [-0.3, -0.25) is 14.4 Å². The summed E-state index contributed by atoms with van der Waals surface area (Å²) in [4.78, 5) is 36.9. The van der Waals surface area contributed by atoms with E-state index >= 15 is 0 Å². The molecule has 0 heterocycles. The van der Waals surface area contributed by atoms with Gasteiger partial charge in [0.25, 0.3) is 0 Å². The smallest absolute Gasteiger partial charge is 0.198 e. The summed E-state index contributed by atoms with van der Waals surface area (Å²) >= 11 is 5.98. The molecule has 0 fully saturated rings. The lowest BCUT2D eigenvalue weighted by Gasteiger charge is -2.14. The van der Waals surface area contributed by atoms with Gasteiger partial charge in [0.05, 0.1) is 10.6 Å². The molecule has 0 atom stereocenters. The maximum Gasteiger partial charge on any atom is 0.198 e. The normalized spacial score (nSPS) is 13.7. The first kappa shape index (κ1) is 13.5. The van der Waals surface area contributed by atoms with Crippen molar-refractivity contribution in [3.05, 3.63) is 81.9 Å². The van der Waals surface area contributed by atoms with Gasteiger partial charge in [-0.2, -0.15) is 0 Å². The summed E-state index contributed by atoms with van der Waals surface area (Å²) in [5, 5.41) is 0.252. The van der Waals surface area contributed by atoms with Crippen molar-refractivity contribution < 1.29 is 14.4 Å². The minimum absolute atomic E-state index is 0.146. The number of halogens is 1. The van der Waals surface area contributed by atoms with Crippen LogP contribution >= 0.6 is 11.6 Å². The van der Waals surface area contributed by atoms with E-state index in [2.05, 4.69) is 0 Å². The Bertz CT molecular complexity index is 818. The number of carbonyl (C=O) groups excluding carboxylic acids is 3. The van der Waals surface area contributed by atoms with Crippen LogP contribution in [-0.4, -0.2) is 17.3 Å². The van der Waals surface area contributed by atoms with Crippen LogP contribution in [-0.2, 0) is 0 Å². The summed E-state index contributed by atoms with van der Waals surface area (Å²) in [5.74, 6) is -1.33. The number of fused-ring (bicyclic) bond motifs is 1. The molecule has 0 aromatic heterocycles. The summed E-state index contributed by atoms with van der Waals surface area (Å²) < 4.78 is 0. The second kappa shape index (κ2) is 5.11. The van der Waals surface area contributed by atoms with Gasteiger partial charge in [0.1, 0.15) is 0 Å². The molecule has 0 saturated heterocycles. The van der Waals surface area contributed by atoms with Crippen molar-refractivity contribution in [2.45, 2.75) is 0 Å². The van der Waals surface area contributed by atoms with E-state index in [0.29, 0.717) is 5.56 Å². The van der Waals surface area contributed by atoms with Crippen LogP contribution in [0.2, 0.25) is 5.02 Å². The molecule has 0 unspecified atom stereocenters. The number of benzene rings is 2. The number of carbonyl (C=O) groups is 3. The first-order valence-electron chi connectivity index (χ1n) is 6.28. The average Bonchev–Trinajstić information content (AvgIpc) is 2.51. The van der Waals surface area contributed by atoms with Gasteiger partial charge in [0, 0.05) is 22.8 Å². The highest BCUT2D eigenvalue weighted by Gasteiger charge is 2.30. The fourth-order valence-electron chi connectivity index (χ4n) is 2.27. The summed E-state index contributed by atoms with van der Waals surface area (Å²) in [6.07, 6.45) is 1.09. The van der Waals surface area contributed by atoms with Gasteiger partial charge in [-0.15, -0.1) is 0 Å². The zero-order valence-electron chi connectivity index (χ0n) is 10.8. The fourth-order valence-corrected chi connectivity index (χ4v) is 2.50. The second-order valence-electron chi connectivity index (χ2n) is 4.61. The van der Waals surface area contributed by atoms with Gasteiger partial charge < -0.3 is 0 Å². The van der Waals surface area contributed by atoms with E-state index in [9.17, 15) is 14.4 Å². The van der Waals surface area contributed by atoms with Crippen molar-refractivity contribution in [3.8, 4) is 0 Å². The molecule has 0 bridgehead atoms. The van der Waals surface area contributed by atoms with Crippen molar-refractivity contribution in [2.24, 2.45) is 0 Å². The van der Waals surface area contributed by atoms with Crippen LogP contribution in [0.5, 0.6) is 0 Å². The fraction of sp³-hybridized carbons (Fsp3) is 0. The molecular formula is C17H9ClO3. The van der Waals surface area contributed by atoms with E-state index in [1.165, 1.54) is 6.07 Å². The van der Waals surface area contributed by atoms with Crippen molar-refractivity contribution in [1.82, 2.24) is 0 Å². The van der Waals surface area contributed by atoms with Crippen LogP contribution in [0.1, 0.15) is 31.1 Å². The molecule has 3 nitrogen and oxygen atoms in total. The lowest BCUT2D eigenvalue weighted by molar-refractivity contribution is 0.0935. The number of hydrogen-bond acceptors (Lipinski definition) is 3. The first-order chi connectivity index (χ1) is 10.1. The Morgan fingerprint density at radius 2 is 1.48 bits per heavy atom. The summed E-state index contributed by atoms with van der Waals surface area (Å²) in [6, 6.07) is 12.9. The van der Waals surface area contributed by atoms with Gasteiger partial charge >= 0.3 is 0 Å². The quantitative estimate of drug-likeness (QED) is 0.629. The molecule has 102 valence electrons. The molecule has 0 spiro atoms. The number of allylic oxidation sites excluding steroid dienone is 2. The lowest BCUT2D eigenvalue weighted by Crippen LogP contribution is -2.22. The van der Waals surface area contributed by atoms with Crippen molar-refractivity contribution in [1.29, 1.82) is 0 Å². The van der Waals surface area contributed by atoms with Crippen molar-refractivity contribution >= 4 is 29.0 Å². The minimum atomic E-state index is -0.534. The molecular weight excluding hydrogens is 288 g/mol. The molecule has 2 aromatic rings. The van der Waals surface area contributed by atoms with Crippen LogP contribution in [0.25, 0.3) is 0 Å². The molecule has 21 heavy (non-hydrogen) atoms. The maximum atomic E-state index is 12.5. The molecule has 2 aromatic carbocycles. The van der Waals surface area contributed by atoms with Gasteiger partial charge in [-0.1, -0.05) is 48.0 Å². The van der Waals surface area contributed by atoms with E-state index in [1.54, 1.807) is 42.5 Å². The highest BCUT2D eigenvalue weighted by atomic mass is 35.5. The Kier molecular flexibility index (Phi) is 3.28. The van der Waals surface area contributed by atoms with Crippen LogP contribution in [0.4, 0.5) is 0 Å². The predicted octanol–water partition coefficient (Wildman–Crippen LogP) is 3.53. The Morgan fingerprint density at radius 3 is 2.19 bits per heavy atom. The maximum absolute atomic E-state index is 12.5. The first-order valence-corrected chi connectivity index (χ1v) is 6.66. The molecule has 3 rings (SSSR count). The van der Waals surface area contributed by atoms with E-state index in [0.717, 1.165) is 6.08 Å². The zero-order valence-corrected chi connectivity index (χ0v) is 11.6. The number of Topliss-reactive ketones (excluding diaryl/α,β-unsaturated/α-hetero) is 2. The Balaban J connectivity index is 2.09. The third kappa shape index (κ3) is 2.22. The number of rotatable bonds is 2. The van der Waals surface area contributed by atoms with Gasteiger partial charge in [0.2, 0.25) is 0 Å². The zero-order chi connectivity index (χ0) is 15.0. The Labute approximate surface area is 125 Å². The van der Waals surface area contributed by atoms with Crippen LogP contribution in [0.15, 0.2) is 60.2 Å². The topological polar surface area (TPSA) is 51.2 Å². The third-order valence-electron chi connectivity index (χ3n) is 3.32. The molecule has 1 aliphatic rings. The van der Waals surface area contributed by atoms with E-state index in [1.807, 2.05) is 0 Å². The van der Waals surface area contributed by atoms with Gasteiger partial charge in [0.15, 0.2) is 17.3 Å². The number of hydrogen-bond donors (Lipinski definition) is 0. The van der Waals surface area contributed by atoms with Gasteiger partial charge in [-0.05, 0) is 12.1 Å². The predicted molar refractivity (Wildman–Crippen MR) is 79.0 cm³/mol. The molecule has 0 aliphatic heterocycles. The highest BCUT2D eigenvalue weighted by Crippen LogP contribution is 2.26. The van der Waals surface area contributed by atoms with E-state index in [4.69, 9.17) is 11.6 Å². The monoisotopic (exact) mass is 296 g/mol. The minimum Gasteiger partial charge on any atom is -0.289 e. The second-order valence-corrected chi connectivity index (χ2v) is 5.01. The lowest BCUT2D eigenvalue weighted by atomic mass is 9.86. The Hall–Kier alpha value is -2.52. The number of ketones is 3. The third-order valence-corrected chi connectivity index (χ3v) is 3.65. The molecule has 0 amide bonds. The summed E-state index contributed by atoms with van der Waals surface area (Å²) in [6.45, 7) is 0. The standard InChI is InChI=1S/C17H9ClO3/c18-14-8-4-3-7-12(14)17(21)13-9-15(19)10-5-1-2-6-11(10)16(13)20/h1-9H. The van der Waals surface area contributed by atoms with Crippen molar-refractivity contribution in [3.63, 3.8) is 0 Å². The summed E-state index contributed by atoms with van der Waals surface area (Å²) in [5.41, 5.74) is 0.636. The van der Waals surface area contributed by atoms with E-state index < -0.39 is 11.6 Å². The molecule has 0 radical (unpaired) electrons. The molecule has 1 aliphatic carbocycles. The SMILES string of the molecule is O=C(C1=CC(=O)c2ccccc2C1=O)c1ccccc1Cl. The van der Waals surface area contributed by atoms with Crippen LogP contribution in [0, 0.1) is 0 Å². The average molecular weight is 297 g/mol. The summed E-state index contributed by atoms with van der Waals surface area (Å²) in [7, 11) is 0. The molecule has 0 N–H and O–H groups in total. The highest BCUT2D eigenvalue weighted by molar-refractivity contribution is 6.41. The molecule has 0 saturated carbocycles. The van der Waals surface area contributed by atoms with Crippen LogP contribution < -0.4 is 0 Å². The largest absolute Gasteiger partial charge is 0.289 e. The van der Waals surface area contributed by atoms with Gasteiger partial charge in [-0.25, -0.2) is 0 Å². The van der Waals surface area contributed by atoms with Crippen molar-refractivity contribution in [2.75, 3.05) is 0 Å². The molecule has 4 heteroatoms. The van der Waals surface area contributed by atoms with Crippen LogP contribution in [0.3, 0.4) is 0 Å². The Morgan fingerprint density at radius 1 is 0.857 bits per heavy atom. The van der Waals surface area contributed by atoms with E-state index in [-0.39, 0.29) is 27.5 Å².